The van der Waals surface area contributed by atoms with E-state index in [0.717, 1.165) is 6.42 Å². The average Bonchev–Trinajstić information content (AvgIpc) is 2.34. The van der Waals surface area contributed by atoms with Crippen molar-refractivity contribution in [1.29, 1.82) is 0 Å². The minimum Gasteiger partial charge on any atom is -0.466 e. The zero-order valence-corrected chi connectivity index (χ0v) is 12.0. The third-order valence-corrected chi connectivity index (χ3v) is 2.35. The predicted molar refractivity (Wildman–Crippen MR) is 71.7 cm³/mol. The lowest BCUT2D eigenvalue weighted by molar-refractivity contribution is -0.144. The molecule has 0 aliphatic heterocycles. The fraction of sp³-hybridized carbons (Fsp3) is 0.769. The second-order valence-corrected chi connectivity index (χ2v) is 4.37. The van der Waals surface area contributed by atoms with Crippen LogP contribution in [0.1, 0.15) is 33.1 Å². The van der Waals surface area contributed by atoms with Crippen LogP contribution < -0.4 is 5.32 Å². The quantitative estimate of drug-likeness (QED) is 0.581. The maximum atomic E-state index is 11.6. The van der Waals surface area contributed by atoms with Crippen molar-refractivity contribution in [2.45, 2.75) is 33.1 Å². The number of carbonyl (C=O) groups excluding carboxylic acids is 3. The summed E-state index contributed by atoms with van der Waals surface area (Å²) < 4.78 is 4.74. The first-order valence-electron chi connectivity index (χ1n) is 6.62. The van der Waals surface area contributed by atoms with E-state index < -0.39 is 0 Å². The molecule has 0 aromatic rings. The third-order valence-electron chi connectivity index (χ3n) is 2.35. The van der Waals surface area contributed by atoms with Crippen LogP contribution in [0.4, 0.5) is 0 Å². The number of hydrogen-bond donors (Lipinski definition) is 1. The van der Waals surface area contributed by atoms with E-state index >= 15 is 0 Å². The van der Waals surface area contributed by atoms with Crippen molar-refractivity contribution in [2.24, 2.45) is 0 Å². The van der Waals surface area contributed by atoms with Crippen molar-refractivity contribution in [3.63, 3.8) is 0 Å². The second-order valence-electron chi connectivity index (χ2n) is 4.37. The molecule has 0 fully saturated rings. The van der Waals surface area contributed by atoms with Crippen LogP contribution in [0, 0.1) is 0 Å². The van der Waals surface area contributed by atoms with Gasteiger partial charge in [0.25, 0.3) is 0 Å². The van der Waals surface area contributed by atoms with Gasteiger partial charge in [0.15, 0.2) is 0 Å². The van der Waals surface area contributed by atoms with Gasteiger partial charge in [0.1, 0.15) is 5.78 Å². The Balaban J connectivity index is 3.80. The number of likely N-dealkylation sites (N-methyl/N-ethyl adjacent to an activating group) is 1. The molecule has 19 heavy (non-hydrogen) atoms. The second kappa shape index (κ2) is 10.5. The third kappa shape index (κ3) is 10.2. The van der Waals surface area contributed by atoms with Crippen LogP contribution in [0.25, 0.3) is 0 Å². The first kappa shape index (κ1) is 17.6. The summed E-state index contributed by atoms with van der Waals surface area (Å²) in [6.45, 7) is 5.02. The molecule has 0 atom stereocenters. The van der Waals surface area contributed by atoms with Crippen molar-refractivity contribution in [3.8, 4) is 0 Å². The maximum Gasteiger partial charge on any atom is 0.306 e. The lowest BCUT2D eigenvalue weighted by Crippen LogP contribution is -2.37. The highest BCUT2D eigenvalue weighted by molar-refractivity contribution is 5.85. The molecule has 0 aliphatic rings. The van der Waals surface area contributed by atoms with E-state index in [0.29, 0.717) is 13.2 Å². The Morgan fingerprint density at radius 2 is 1.79 bits per heavy atom. The first-order valence-corrected chi connectivity index (χ1v) is 6.62. The molecule has 1 N–H and O–H groups in total. The largest absolute Gasteiger partial charge is 0.466 e. The van der Waals surface area contributed by atoms with Gasteiger partial charge in [0.05, 0.1) is 26.1 Å². The van der Waals surface area contributed by atoms with Gasteiger partial charge in [0.2, 0.25) is 5.91 Å². The highest BCUT2D eigenvalue weighted by atomic mass is 16.5. The summed E-state index contributed by atoms with van der Waals surface area (Å²) in [4.78, 5) is 35.7. The summed E-state index contributed by atoms with van der Waals surface area (Å²) in [5.41, 5.74) is 0. The molecular weight excluding hydrogens is 248 g/mol. The summed E-state index contributed by atoms with van der Waals surface area (Å²) in [5, 5.41) is 2.74. The van der Waals surface area contributed by atoms with E-state index in [2.05, 4.69) is 5.32 Å². The topological polar surface area (TPSA) is 75.7 Å². The van der Waals surface area contributed by atoms with Crippen LogP contribution in [0.15, 0.2) is 0 Å². The fourth-order valence-corrected chi connectivity index (χ4v) is 1.48. The van der Waals surface area contributed by atoms with Gasteiger partial charge in [-0.25, -0.2) is 0 Å². The zero-order chi connectivity index (χ0) is 14.7. The first-order chi connectivity index (χ1) is 8.99. The molecule has 0 heterocycles. The number of nitrogens with zero attached hydrogens (tertiary/aromatic N) is 1. The van der Waals surface area contributed by atoms with Gasteiger partial charge in [-0.05, 0) is 20.4 Å². The molecule has 0 aromatic heterocycles. The Hall–Kier alpha value is -1.43. The molecule has 0 rings (SSSR count). The Morgan fingerprint density at radius 1 is 1.11 bits per heavy atom. The molecule has 0 bridgehead atoms. The van der Waals surface area contributed by atoms with Crippen molar-refractivity contribution >= 4 is 17.7 Å². The molecule has 0 spiro atoms. The number of ketones is 1. The zero-order valence-electron chi connectivity index (χ0n) is 12.0. The molecule has 0 unspecified atom stereocenters. The van der Waals surface area contributed by atoms with Gasteiger partial charge in [0, 0.05) is 13.0 Å². The number of Topliss-reactive ketones (excluding diaryl/α,β-unsaturated/α-hetero) is 1. The van der Waals surface area contributed by atoms with E-state index in [-0.39, 0.29) is 43.6 Å². The lowest BCUT2D eigenvalue weighted by Gasteiger charge is -2.15. The SMILES string of the molecule is CCCNC(=O)CN(C)CC(=O)CCC(=O)OCC. The lowest BCUT2D eigenvalue weighted by atomic mass is 10.2. The van der Waals surface area contributed by atoms with Crippen molar-refractivity contribution < 1.29 is 19.1 Å². The molecule has 0 saturated heterocycles. The van der Waals surface area contributed by atoms with Gasteiger partial charge in [-0.2, -0.15) is 0 Å². The Bertz CT molecular complexity index is 305. The van der Waals surface area contributed by atoms with Crippen molar-refractivity contribution in [2.75, 3.05) is 33.3 Å². The van der Waals surface area contributed by atoms with Gasteiger partial charge < -0.3 is 10.1 Å². The summed E-state index contributed by atoms with van der Waals surface area (Å²) in [6.07, 6.45) is 1.14. The normalized spacial score (nSPS) is 10.3. The number of nitrogens with one attached hydrogen (secondary N) is 1. The van der Waals surface area contributed by atoms with Gasteiger partial charge in [-0.15, -0.1) is 0 Å². The highest BCUT2D eigenvalue weighted by Crippen LogP contribution is 1.96. The van der Waals surface area contributed by atoms with Crippen LogP contribution in [0.3, 0.4) is 0 Å². The van der Waals surface area contributed by atoms with Gasteiger partial charge >= 0.3 is 5.97 Å². The molecule has 0 saturated carbocycles. The standard InChI is InChI=1S/C13H24N2O4/c1-4-8-14-12(17)10-15(3)9-11(16)6-7-13(18)19-5-2/h4-10H2,1-3H3,(H,14,17). The fourth-order valence-electron chi connectivity index (χ4n) is 1.48. The van der Waals surface area contributed by atoms with E-state index in [9.17, 15) is 14.4 Å². The monoisotopic (exact) mass is 272 g/mol. The van der Waals surface area contributed by atoms with E-state index in [1.807, 2.05) is 6.92 Å². The van der Waals surface area contributed by atoms with Gasteiger partial charge in [-0.3, -0.25) is 19.3 Å². The number of amides is 1. The number of rotatable bonds is 10. The van der Waals surface area contributed by atoms with Gasteiger partial charge in [-0.1, -0.05) is 6.92 Å². The molecule has 0 aliphatic carbocycles. The van der Waals surface area contributed by atoms with E-state index in [4.69, 9.17) is 4.74 Å². The predicted octanol–water partition coefficient (Wildman–Crippen LogP) is 0.357. The highest BCUT2D eigenvalue weighted by Gasteiger charge is 2.12. The van der Waals surface area contributed by atoms with E-state index in [1.165, 1.54) is 0 Å². The molecule has 0 radical (unpaired) electrons. The van der Waals surface area contributed by atoms with Crippen molar-refractivity contribution in [1.82, 2.24) is 10.2 Å². The Kier molecular flexibility index (Phi) is 9.70. The van der Waals surface area contributed by atoms with Crippen LogP contribution in [-0.4, -0.2) is 55.8 Å². The summed E-state index contributed by atoms with van der Waals surface area (Å²) >= 11 is 0. The molecular formula is C13H24N2O4. The number of esters is 1. The summed E-state index contributed by atoms with van der Waals surface area (Å²) in [6, 6.07) is 0. The van der Waals surface area contributed by atoms with Crippen LogP contribution in [-0.2, 0) is 19.1 Å². The Morgan fingerprint density at radius 3 is 2.37 bits per heavy atom. The molecule has 110 valence electrons. The number of ether oxygens (including phenoxy) is 1. The molecule has 1 amide bonds. The summed E-state index contributed by atoms with van der Waals surface area (Å²) in [5.74, 6) is -0.527. The van der Waals surface area contributed by atoms with E-state index in [1.54, 1.807) is 18.9 Å². The molecule has 0 aromatic carbocycles. The van der Waals surface area contributed by atoms with Crippen LogP contribution >= 0.6 is 0 Å². The van der Waals surface area contributed by atoms with Crippen LogP contribution in [0.5, 0.6) is 0 Å². The Labute approximate surface area is 114 Å². The summed E-state index contributed by atoms with van der Waals surface area (Å²) in [7, 11) is 1.70. The number of hydrogen-bond acceptors (Lipinski definition) is 5. The average molecular weight is 272 g/mol. The minimum absolute atomic E-state index is 0.0705. The van der Waals surface area contributed by atoms with Crippen LogP contribution in [0.2, 0.25) is 0 Å². The maximum absolute atomic E-state index is 11.6. The molecule has 6 heteroatoms. The smallest absolute Gasteiger partial charge is 0.306 e. The molecule has 6 nitrogen and oxygen atoms in total. The number of carbonyl (C=O) groups is 3. The minimum atomic E-state index is -0.362. The van der Waals surface area contributed by atoms with Crippen molar-refractivity contribution in [3.05, 3.63) is 0 Å².